The summed E-state index contributed by atoms with van der Waals surface area (Å²) in [5.74, 6) is -0.895. The van der Waals surface area contributed by atoms with Gasteiger partial charge in [-0.25, -0.2) is 0 Å². The number of carbonyl (C=O) groups excluding carboxylic acids is 2. The van der Waals surface area contributed by atoms with Crippen molar-refractivity contribution in [2.24, 2.45) is 0 Å². The molecule has 3 rings (SSSR count). The van der Waals surface area contributed by atoms with E-state index >= 15 is 0 Å². The lowest BCUT2D eigenvalue weighted by molar-refractivity contribution is -0.388. The Balaban J connectivity index is 1.57. The standard InChI is InChI=1S/C17H12F3N3O6S/c18-17(19,20)10-2-4-14(11(6-10)23(26)27)30-7-15(24)21-22-16(25)9-1-3-12-13(5-9)29-8-28-12/h1-6H,7-8H2,(H,21,24)(H,22,25). The van der Waals surface area contributed by atoms with Gasteiger partial charge < -0.3 is 9.47 Å². The smallest absolute Gasteiger partial charge is 0.416 e. The summed E-state index contributed by atoms with van der Waals surface area (Å²) >= 11 is 0.658. The molecule has 13 heteroatoms. The van der Waals surface area contributed by atoms with Crippen LogP contribution in [0.25, 0.3) is 0 Å². The van der Waals surface area contributed by atoms with E-state index in [0.29, 0.717) is 35.4 Å². The second kappa shape index (κ2) is 8.49. The number of amides is 2. The zero-order valence-corrected chi connectivity index (χ0v) is 15.6. The molecular weight excluding hydrogens is 431 g/mol. The fourth-order valence-electron chi connectivity index (χ4n) is 2.37. The van der Waals surface area contributed by atoms with E-state index < -0.39 is 34.2 Å². The molecule has 2 aromatic rings. The van der Waals surface area contributed by atoms with E-state index in [4.69, 9.17) is 9.47 Å². The van der Waals surface area contributed by atoms with E-state index in [1.165, 1.54) is 18.2 Å². The van der Waals surface area contributed by atoms with Gasteiger partial charge >= 0.3 is 6.18 Å². The minimum absolute atomic E-state index is 0.0322. The fraction of sp³-hybridized carbons (Fsp3) is 0.176. The summed E-state index contributed by atoms with van der Waals surface area (Å²) < 4.78 is 48.4. The minimum Gasteiger partial charge on any atom is -0.454 e. The molecular formula is C17H12F3N3O6S. The molecule has 0 radical (unpaired) electrons. The van der Waals surface area contributed by atoms with Gasteiger partial charge in [-0.05, 0) is 30.3 Å². The number of thioether (sulfide) groups is 1. The predicted molar refractivity (Wildman–Crippen MR) is 97.0 cm³/mol. The highest BCUT2D eigenvalue weighted by Crippen LogP contribution is 2.36. The zero-order valence-electron chi connectivity index (χ0n) is 14.8. The molecule has 158 valence electrons. The second-order valence-electron chi connectivity index (χ2n) is 5.80. The van der Waals surface area contributed by atoms with Crippen molar-refractivity contribution in [1.29, 1.82) is 0 Å². The number of rotatable bonds is 5. The number of ether oxygens (including phenoxy) is 2. The number of nitrogens with one attached hydrogen (secondary N) is 2. The van der Waals surface area contributed by atoms with E-state index in [9.17, 15) is 32.9 Å². The lowest BCUT2D eigenvalue weighted by Gasteiger charge is -2.09. The number of benzene rings is 2. The molecule has 2 N–H and O–H groups in total. The van der Waals surface area contributed by atoms with Gasteiger partial charge in [-0.15, -0.1) is 11.8 Å². The van der Waals surface area contributed by atoms with Crippen LogP contribution in [-0.2, 0) is 11.0 Å². The Hall–Kier alpha value is -3.48. The summed E-state index contributed by atoms with van der Waals surface area (Å²) in [6.45, 7) is 0.0322. The van der Waals surface area contributed by atoms with Gasteiger partial charge in [0.15, 0.2) is 11.5 Å². The van der Waals surface area contributed by atoms with Crippen molar-refractivity contribution in [2.45, 2.75) is 11.1 Å². The topological polar surface area (TPSA) is 120 Å². The first-order valence-electron chi connectivity index (χ1n) is 8.12. The lowest BCUT2D eigenvalue weighted by atomic mass is 10.2. The summed E-state index contributed by atoms with van der Waals surface area (Å²) in [5.41, 5.74) is 2.53. The maximum Gasteiger partial charge on any atom is 0.416 e. The number of halogens is 3. The van der Waals surface area contributed by atoms with Crippen LogP contribution in [0.15, 0.2) is 41.3 Å². The lowest BCUT2D eigenvalue weighted by Crippen LogP contribution is -2.42. The number of carbonyl (C=O) groups is 2. The third-order valence-corrected chi connectivity index (χ3v) is 4.85. The normalized spacial score (nSPS) is 12.4. The fourth-order valence-corrected chi connectivity index (χ4v) is 3.18. The highest BCUT2D eigenvalue weighted by molar-refractivity contribution is 8.00. The third kappa shape index (κ3) is 4.92. The molecule has 30 heavy (non-hydrogen) atoms. The number of hydrazine groups is 1. The molecule has 2 amide bonds. The first kappa shape index (κ1) is 21.2. The molecule has 0 aliphatic carbocycles. The average molecular weight is 443 g/mol. The van der Waals surface area contributed by atoms with Gasteiger partial charge in [0.25, 0.3) is 11.6 Å². The average Bonchev–Trinajstić information content (AvgIpc) is 3.17. The van der Waals surface area contributed by atoms with Gasteiger partial charge in [0.1, 0.15) is 0 Å². The molecule has 1 heterocycles. The highest BCUT2D eigenvalue weighted by Gasteiger charge is 2.33. The molecule has 1 aliphatic rings. The quantitative estimate of drug-likeness (QED) is 0.414. The maximum atomic E-state index is 12.7. The zero-order chi connectivity index (χ0) is 21.9. The Labute approximate surface area is 170 Å². The van der Waals surface area contributed by atoms with E-state index in [1.54, 1.807) is 0 Å². The maximum absolute atomic E-state index is 12.7. The van der Waals surface area contributed by atoms with Gasteiger partial charge in [-0.3, -0.25) is 30.6 Å². The van der Waals surface area contributed by atoms with Crippen molar-refractivity contribution in [2.75, 3.05) is 12.5 Å². The summed E-state index contributed by atoms with van der Waals surface area (Å²) in [7, 11) is 0. The number of hydrogen-bond donors (Lipinski definition) is 2. The van der Waals surface area contributed by atoms with Crippen LogP contribution in [0, 0.1) is 10.1 Å². The van der Waals surface area contributed by atoms with Crippen LogP contribution in [-0.4, -0.2) is 29.3 Å². The summed E-state index contributed by atoms with van der Waals surface area (Å²) in [5, 5.41) is 11.0. The molecule has 2 aromatic carbocycles. The van der Waals surface area contributed by atoms with Crippen molar-refractivity contribution >= 4 is 29.3 Å². The Bertz CT molecular complexity index is 1010. The molecule has 0 spiro atoms. The summed E-state index contributed by atoms with van der Waals surface area (Å²) in [4.78, 5) is 33.9. The van der Waals surface area contributed by atoms with Gasteiger partial charge in [-0.2, -0.15) is 13.2 Å². The van der Waals surface area contributed by atoms with Crippen molar-refractivity contribution in [3.8, 4) is 11.5 Å². The first-order valence-corrected chi connectivity index (χ1v) is 9.11. The number of nitrogens with zero attached hydrogens (tertiary/aromatic N) is 1. The van der Waals surface area contributed by atoms with Crippen LogP contribution in [0.2, 0.25) is 0 Å². The van der Waals surface area contributed by atoms with Crippen LogP contribution < -0.4 is 20.3 Å². The van der Waals surface area contributed by atoms with Crippen LogP contribution in [0.1, 0.15) is 15.9 Å². The molecule has 0 atom stereocenters. The van der Waals surface area contributed by atoms with Gasteiger partial charge in [-0.1, -0.05) is 0 Å². The molecule has 0 unspecified atom stereocenters. The Kier molecular flexibility index (Phi) is 6.01. The molecule has 1 aliphatic heterocycles. The summed E-state index contributed by atoms with van der Waals surface area (Å²) in [6.07, 6.45) is -4.73. The van der Waals surface area contributed by atoms with E-state index in [-0.39, 0.29) is 23.0 Å². The van der Waals surface area contributed by atoms with Crippen molar-refractivity contribution in [3.05, 3.63) is 57.6 Å². The van der Waals surface area contributed by atoms with Crippen LogP contribution in [0.3, 0.4) is 0 Å². The van der Waals surface area contributed by atoms with Crippen LogP contribution in [0.5, 0.6) is 11.5 Å². The van der Waals surface area contributed by atoms with E-state index in [2.05, 4.69) is 10.9 Å². The van der Waals surface area contributed by atoms with Gasteiger partial charge in [0.05, 0.1) is 21.1 Å². The molecule has 0 saturated heterocycles. The van der Waals surface area contributed by atoms with E-state index in [0.717, 1.165) is 6.07 Å². The number of nitro benzene ring substituents is 1. The first-order chi connectivity index (χ1) is 14.1. The van der Waals surface area contributed by atoms with Crippen molar-refractivity contribution in [3.63, 3.8) is 0 Å². The van der Waals surface area contributed by atoms with Gasteiger partial charge in [0.2, 0.25) is 12.7 Å². The number of fused-ring (bicyclic) bond motifs is 1. The molecule has 0 saturated carbocycles. The van der Waals surface area contributed by atoms with Gasteiger partial charge in [0, 0.05) is 11.6 Å². The highest BCUT2D eigenvalue weighted by atomic mass is 32.2. The largest absolute Gasteiger partial charge is 0.454 e. The molecule has 0 bridgehead atoms. The van der Waals surface area contributed by atoms with Crippen molar-refractivity contribution in [1.82, 2.24) is 10.9 Å². The molecule has 0 aromatic heterocycles. The molecule has 9 nitrogen and oxygen atoms in total. The second-order valence-corrected chi connectivity index (χ2v) is 6.81. The van der Waals surface area contributed by atoms with Crippen LogP contribution >= 0.6 is 11.8 Å². The van der Waals surface area contributed by atoms with Crippen molar-refractivity contribution < 1.29 is 37.2 Å². The summed E-state index contributed by atoms with van der Waals surface area (Å²) in [6, 6.07) is 6.42. The van der Waals surface area contributed by atoms with E-state index in [1.807, 2.05) is 0 Å². The Morgan fingerprint density at radius 3 is 2.53 bits per heavy atom. The Morgan fingerprint density at radius 2 is 1.83 bits per heavy atom. The Morgan fingerprint density at radius 1 is 1.10 bits per heavy atom. The SMILES string of the molecule is O=C(CSc1ccc(C(F)(F)F)cc1[N+](=O)[O-])NNC(=O)c1ccc2c(c1)OCO2. The third-order valence-electron chi connectivity index (χ3n) is 3.79. The molecule has 0 fully saturated rings. The number of nitro groups is 1. The monoisotopic (exact) mass is 443 g/mol. The number of hydrogen-bond acceptors (Lipinski definition) is 7. The predicted octanol–water partition coefficient (Wildman–Crippen LogP) is 2.90. The minimum atomic E-state index is -4.73. The number of alkyl halides is 3. The van der Waals surface area contributed by atoms with Crippen LogP contribution in [0.4, 0.5) is 18.9 Å².